The molecule has 6 heteroatoms. The van der Waals surface area contributed by atoms with Crippen molar-refractivity contribution in [1.82, 2.24) is 0 Å². The van der Waals surface area contributed by atoms with E-state index >= 15 is 0 Å². The molecule has 0 amide bonds. The fraction of sp³-hybridized carbons (Fsp3) is 0.789. The number of hydrogen-bond donors (Lipinski definition) is 1. The van der Waals surface area contributed by atoms with Crippen molar-refractivity contribution in [3.8, 4) is 0 Å². The van der Waals surface area contributed by atoms with Crippen molar-refractivity contribution >= 4 is 11.9 Å². The number of epoxide rings is 1. The van der Waals surface area contributed by atoms with Gasteiger partial charge in [0, 0.05) is 12.8 Å². The van der Waals surface area contributed by atoms with Crippen LogP contribution in [0.5, 0.6) is 0 Å². The summed E-state index contributed by atoms with van der Waals surface area (Å²) in [6.45, 7) is 6.34. The van der Waals surface area contributed by atoms with Crippen LogP contribution in [0.1, 0.15) is 156 Å². The second-order valence-corrected chi connectivity index (χ2v) is 12.8. The highest BCUT2D eigenvalue weighted by Gasteiger charge is 2.36. The first-order valence-corrected chi connectivity index (χ1v) is 18.0. The van der Waals surface area contributed by atoms with Crippen LogP contribution in [0.4, 0.5) is 0 Å². The minimum atomic E-state index is -0.799. The standard InChI is InChI=1S/C38H66O6/c1-4-5-6-7-8-9-10-11-14-17-20-23-27-35-36(44-35)28-25-30-37(40)42-32-34(31-39)43-38(41)29-24-21-18-15-12-13-16-19-22-26-33(2)3/h8-9,11,14,20,23,33-36,39H,4-7,10,12-13,15-19,21-22,24-32H2,1-3H3/b9-8-,14-11-,23-20-/t34-,35?,36?/m0/s1. The third-order valence-corrected chi connectivity index (χ3v) is 8.04. The van der Waals surface area contributed by atoms with Crippen molar-refractivity contribution in [3.05, 3.63) is 36.5 Å². The molecule has 0 aromatic heterocycles. The highest BCUT2D eigenvalue weighted by molar-refractivity contribution is 5.70. The Balaban J connectivity index is 1.97. The molecular weight excluding hydrogens is 552 g/mol. The summed E-state index contributed by atoms with van der Waals surface area (Å²) in [5.74, 6) is 0.140. The number of hydrogen-bond acceptors (Lipinski definition) is 6. The average Bonchev–Trinajstić information content (AvgIpc) is 3.76. The van der Waals surface area contributed by atoms with Crippen LogP contribution in [0, 0.1) is 5.92 Å². The Hall–Kier alpha value is -1.92. The fourth-order valence-electron chi connectivity index (χ4n) is 5.18. The largest absolute Gasteiger partial charge is 0.462 e. The number of esters is 2. The Morgan fingerprint density at radius 2 is 1.34 bits per heavy atom. The summed E-state index contributed by atoms with van der Waals surface area (Å²) in [5.41, 5.74) is 0. The number of aliphatic hydroxyl groups excluding tert-OH is 1. The summed E-state index contributed by atoms with van der Waals surface area (Å²) >= 11 is 0. The molecule has 0 aromatic rings. The molecule has 6 nitrogen and oxygen atoms in total. The van der Waals surface area contributed by atoms with Gasteiger partial charge in [0.15, 0.2) is 6.10 Å². The first-order chi connectivity index (χ1) is 21.5. The maximum absolute atomic E-state index is 12.1. The van der Waals surface area contributed by atoms with Gasteiger partial charge in [0.05, 0.1) is 18.8 Å². The van der Waals surface area contributed by atoms with Gasteiger partial charge in [0.2, 0.25) is 0 Å². The Morgan fingerprint density at radius 1 is 0.727 bits per heavy atom. The number of allylic oxidation sites excluding steroid dienone is 5. The highest BCUT2D eigenvalue weighted by atomic mass is 16.6. The average molecular weight is 619 g/mol. The van der Waals surface area contributed by atoms with E-state index in [1.54, 1.807) is 0 Å². The molecule has 1 rings (SSSR count). The quantitative estimate of drug-likeness (QED) is 0.0373. The van der Waals surface area contributed by atoms with Gasteiger partial charge in [-0.3, -0.25) is 9.59 Å². The first-order valence-electron chi connectivity index (χ1n) is 18.0. The van der Waals surface area contributed by atoms with E-state index < -0.39 is 6.10 Å². The summed E-state index contributed by atoms with van der Waals surface area (Å²) in [6.07, 6.45) is 35.1. The molecule has 3 atom stereocenters. The Morgan fingerprint density at radius 3 is 2.00 bits per heavy atom. The lowest BCUT2D eigenvalue weighted by Gasteiger charge is -2.15. The lowest BCUT2D eigenvalue weighted by atomic mass is 10.0. The molecule has 1 aliphatic rings. The Bertz CT molecular complexity index is 786. The van der Waals surface area contributed by atoms with Gasteiger partial charge in [0.1, 0.15) is 6.61 Å². The van der Waals surface area contributed by atoms with Crippen LogP contribution in [0.15, 0.2) is 36.5 Å². The first kappa shape index (κ1) is 40.1. The van der Waals surface area contributed by atoms with Crippen LogP contribution < -0.4 is 0 Å². The molecule has 0 aromatic carbocycles. The second-order valence-electron chi connectivity index (χ2n) is 12.8. The number of aliphatic hydroxyl groups is 1. The smallest absolute Gasteiger partial charge is 0.306 e. The van der Waals surface area contributed by atoms with Gasteiger partial charge in [-0.1, -0.05) is 128 Å². The van der Waals surface area contributed by atoms with Gasteiger partial charge < -0.3 is 19.3 Å². The predicted molar refractivity (Wildman–Crippen MR) is 181 cm³/mol. The number of ether oxygens (including phenoxy) is 3. The lowest BCUT2D eigenvalue weighted by molar-refractivity contribution is -0.161. The number of rotatable bonds is 30. The van der Waals surface area contributed by atoms with Crippen LogP contribution in [0.2, 0.25) is 0 Å². The molecule has 44 heavy (non-hydrogen) atoms. The van der Waals surface area contributed by atoms with Gasteiger partial charge >= 0.3 is 11.9 Å². The van der Waals surface area contributed by atoms with E-state index in [0.29, 0.717) is 19.3 Å². The number of carbonyl (C=O) groups is 2. The summed E-state index contributed by atoms with van der Waals surface area (Å²) < 4.78 is 16.3. The molecule has 0 bridgehead atoms. The summed E-state index contributed by atoms with van der Waals surface area (Å²) in [6, 6.07) is 0. The van der Waals surface area contributed by atoms with E-state index in [9.17, 15) is 14.7 Å². The molecule has 2 unspecified atom stereocenters. The molecule has 0 aliphatic carbocycles. The van der Waals surface area contributed by atoms with Gasteiger partial charge in [0.25, 0.3) is 0 Å². The van der Waals surface area contributed by atoms with E-state index in [-0.39, 0.29) is 37.4 Å². The minimum Gasteiger partial charge on any atom is -0.462 e. The third-order valence-electron chi connectivity index (χ3n) is 8.04. The van der Waals surface area contributed by atoms with Crippen molar-refractivity contribution < 1.29 is 28.9 Å². The van der Waals surface area contributed by atoms with Crippen molar-refractivity contribution in [1.29, 1.82) is 0 Å². The molecule has 0 spiro atoms. The summed E-state index contributed by atoms with van der Waals surface area (Å²) in [5, 5.41) is 9.54. The molecule has 1 N–H and O–H groups in total. The van der Waals surface area contributed by atoms with Crippen LogP contribution in [0.25, 0.3) is 0 Å². The van der Waals surface area contributed by atoms with Crippen molar-refractivity contribution in [2.45, 2.75) is 174 Å². The van der Waals surface area contributed by atoms with Gasteiger partial charge in [-0.15, -0.1) is 0 Å². The van der Waals surface area contributed by atoms with Crippen LogP contribution >= 0.6 is 0 Å². The Labute approximate surface area is 270 Å². The van der Waals surface area contributed by atoms with Crippen molar-refractivity contribution in [3.63, 3.8) is 0 Å². The zero-order valence-electron chi connectivity index (χ0n) is 28.5. The molecule has 1 saturated heterocycles. The molecule has 0 saturated carbocycles. The highest BCUT2D eigenvalue weighted by Crippen LogP contribution is 2.30. The van der Waals surface area contributed by atoms with Gasteiger partial charge in [-0.2, -0.15) is 0 Å². The monoisotopic (exact) mass is 618 g/mol. The van der Waals surface area contributed by atoms with Crippen LogP contribution in [-0.2, 0) is 23.8 Å². The van der Waals surface area contributed by atoms with E-state index in [0.717, 1.165) is 50.9 Å². The molecule has 1 fully saturated rings. The van der Waals surface area contributed by atoms with Crippen LogP contribution in [-0.4, -0.2) is 48.6 Å². The fourth-order valence-corrected chi connectivity index (χ4v) is 5.18. The topological polar surface area (TPSA) is 85.4 Å². The van der Waals surface area contributed by atoms with Gasteiger partial charge in [-0.25, -0.2) is 0 Å². The minimum absolute atomic E-state index is 0.102. The van der Waals surface area contributed by atoms with E-state index in [4.69, 9.17) is 14.2 Å². The summed E-state index contributed by atoms with van der Waals surface area (Å²) in [7, 11) is 0. The third kappa shape index (κ3) is 25.4. The predicted octanol–water partition coefficient (Wildman–Crippen LogP) is 9.74. The number of carbonyl (C=O) groups excluding carboxylic acids is 2. The maximum atomic E-state index is 12.1. The molecule has 254 valence electrons. The SMILES string of the molecule is CCCCC/C=C\C/C=C\C/C=C\CC1OC1CCCC(=O)OC[C@H](CO)OC(=O)CCCCCCCCCCCC(C)C. The zero-order chi connectivity index (χ0) is 32.1. The molecule has 0 radical (unpaired) electrons. The van der Waals surface area contributed by atoms with Crippen molar-refractivity contribution in [2.75, 3.05) is 13.2 Å². The molecule has 1 aliphatic heterocycles. The number of unbranched alkanes of at least 4 members (excludes halogenated alkanes) is 11. The molecule has 1 heterocycles. The van der Waals surface area contributed by atoms with Crippen molar-refractivity contribution in [2.24, 2.45) is 5.92 Å². The maximum Gasteiger partial charge on any atom is 0.306 e. The van der Waals surface area contributed by atoms with Crippen LogP contribution in [0.3, 0.4) is 0 Å². The Kier molecular flexibility index (Phi) is 26.0. The lowest BCUT2D eigenvalue weighted by Crippen LogP contribution is -2.28. The normalized spacial score (nSPS) is 17.3. The second kappa shape index (κ2) is 28.5. The van der Waals surface area contributed by atoms with E-state index in [1.807, 2.05) is 0 Å². The van der Waals surface area contributed by atoms with E-state index in [1.165, 1.54) is 70.6 Å². The molecular formula is C38H66O6. The zero-order valence-corrected chi connectivity index (χ0v) is 28.5. The van der Waals surface area contributed by atoms with Gasteiger partial charge in [-0.05, 0) is 57.3 Å². The van der Waals surface area contributed by atoms with E-state index in [2.05, 4.69) is 57.2 Å². The summed E-state index contributed by atoms with van der Waals surface area (Å²) in [4.78, 5) is 24.2.